The number of hydrogen-bond acceptors (Lipinski definition) is 5. The second-order valence-corrected chi connectivity index (χ2v) is 8.77. The van der Waals surface area contributed by atoms with E-state index in [0.717, 1.165) is 31.2 Å². The Morgan fingerprint density at radius 3 is 2.56 bits per heavy atom. The number of hydrogen-bond donors (Lipinski definition) is 2. The molecule has 178 valence electrons. The SMILES string of the molecule is CCCCC(=O)Nc1ccc(C)cc1NC(=O)c1ccc2c(c1)C(=O)N(CC1CCCO1)C2=O. The molecule has 2 aliphatic heterocycles. The lowest BCUT2D eigenvalue weighted by Gasteiger charge is -2.17. The number of nitrogens with one attached hydrogen (secondary N) is 2. The molecule has 4 rings (SSSR count). The number of aryl methyl sites for hydroxylation is 1. The van der Waals surface area contributed by atoms with Gasteiger partial charge in [0.15, 0.2) is 0 Å². The summed E-state index contributed by atoms with van der Waals surface area (Å²) in [5.74, 6) is -1.33. The Kier molecular flexibility index (Phi) is 7.07. The second kappa shape index (κ2) is 10.2. The maximum absolute atomic E-state index is 13.0. The summed E-state index contributed by atoms with van der Waals surface area (Å²) >= 11 is 0. The van der Waals surface area contributed by atoms with Crippen molar-refractivity contribution in [1.82, 2.24) is 4.90 Å². The summed E-state index contributed by atoms with van der Waals surface area (Å²) in [6, 6.07) is 9.89. The molecule has 0 saturated carbocycles. The van der Waals surface area contributed by atoms with Crippen molar-refractivity contribution >= 4 is 35.0 Å². The molecule has 2 N–H and O–H groups in total. The van der Waals surface area contributed by atoms with Crippen LogP contribution in [0.15, 0.2) is 36.4 Å². The molecule has 2 aromatic rings. The Balaban J connectivity index is 1.51. The van der Waals surface area contributed by atoms with E-state index >= 15 is 0 Å². The molecule has 0 bridgehead atoms. The van der Waals surface area contributed by atoms with Crippen LogP contribution in [0, 0.1) is 6.92 Å². The summed E-state index contributed by atoms with van der Waals surface area (Å²) in [5, 5.41) is 5.69. The van der Waals surface area contributed by atoms with E-state index in [9.17, 15) is 19.2 Å². The lowest BCUT2D eigenvalue weighted by molar-refractivity contribution is -0.116. The molecular weight excluding hydrogens is 434 g/mol. The van der Waals surface area contributed by atoms with Crippen LogP contribution in [0.3, 0.4) is 0 Å². The second-order valence-electron chi connectivity index (χ2n) is 8.77. The number of fused-ring (bicyclic) bond motifs is 1. The van der Waals surface area contributed by atoms with Gasteiger partial charge in [0.05, 0.1) is 35.2 Å². The third-order valence-electron chi connectivity index (χ3n) is 6.10. The fourth-order valence-electron chi connectivity index (χ4n) is 4.20. The predicted molar refractivity (Wildman–Crippen MR) is 128 cm³/mol. The van der Waals surface area contributed by atoms with Crippen molar-refractivity contribution in [1.29, 1.82) is 0 Å². The van der Waals surface area contributed by atoms with E-state index in [-0.39, 0.29) is 35.6 Å². The van der Waals surface area contributed by atoms with E-state index in [1.54, 1.807) is 12.1 Å². The summed E-state index contributed by atoms with van der Waals surface area (Å²) < 4.78 is 5.57. The molecule has 34 heavy (non-hydrogen) atoms. The minimum absolute atomic E-state index is 0.117. The van der Waals surface area contributed by atoms with E-state index in [4.69, 9.17) is 4.74 Å². The first-order chi connectivity index (χ1) is 16.4. The summed E-state index contributed by atoms with van der Waals surface area (Å²) in [7, 11) is 0. The van der Waals surface area contributed by atoms with Crippen LogP contribution in [-0.2, 0) is 9.53 Å². The van der Waals surface area contributed by atoms with Crippen LogP contribution in [0.5, 0.6) is 0 Å². The number of benzene rings is 2. The molecule has 0 aliphatic carbocycles. The molecule has 0 spiro atoms. The summed E-state index contributed by atoms with van der Waals surface area (Å²) in [4.78, 5) is 52.1. The molecule has 1 unspecified atom stereocenters. The van der Waals surface area contributed by atoms with Crippen molar-refractivity contribution in [2.75, 3.05) is 23.8 Å². The molecule has 2 heterocycles. The highest BCUT2D eigenvalue weighted by atomic mass is 16.5. The van der Waals surface area contributed by atoms with Gasteiger partial charge in [-0.1, -0.05) is 19.4 Å². The number of carbonyl (C=O) groups is 4. The Morgan fingerprint density at radius 1 is 1.03 bits per heavy atom. The number of rotatable bonds is 8. The average Bonchev–Trinajstić information content (AvgIpc) is 3.42. The molecule has 2 aliphatic rings. The molecule has 2 aromatic carbocycles. The van der Waals surface area contributed by atoms with E-state index in [2.05, 4.69) is 10.6 Å². The standard InChI is InChI=1S/C26H29N3O5/c1-3-4-7-23(30)27-21-11-8-16(2)13-22(21)28-24(31)17-9-10-19-20(14-17)26(33)29(25(19)32)15-18-6-5-12-34-18/h8-11,13-14,18H,3-7,12,15H2,1-2H3,(H,27,30)(H,28,31). The number of nitrogens with zero attached hydrogens (tertiary/aromatic N) is 1. The Labute approximate surface area is 198 Å². The lowest BCUT2D eigenvalue weighted by Crippen LogP contribution is -2.36. The lowest BCUT2D eigenvalue weighted by atomic mass is 10.0. The van der Waals surface area contributed by atoms with Crippen molar-refractivity contribution in [3.63, 3.8) is 0 Å². The summed E-state index contributed by atoms with van der Waals surface area (Å²) in [6.07, 6.45) is 3.69. The van der Waals surface area contributed by atoms with Gasteiger partial charge in [-0.3, -0.25) is 24.1 Å². The minimum atomic E-state index is -0.435. The molecule has 0 radical (unpaired) electrons. The molecule has 4 amide bonds. The Hall–Kier alpha value is -3.52. The molecule has 8 heteroatoms. The normalized spacial score (nSPS) is 17.1. The first-order valence-corrected chi connectivity index (χ1v) is 11.7. The van der Waals surface area contributed by atoms with Crippen LogP contribution in [-0.4, -0.2) is 47.8 Å². The van der Waals surface area contributed by atoms with Gasteiger partial charge in [-0.15, -0.1) is 0 Å². The number of ether oxygens (including phenoxy) is 1. The minimum Gasteiger partial charge on any atom is -0.376 e. The van der Waals surface area contributed by atoms with E-state index in [1.807, 2.05) is 19.9 Å². The maximum Gasteiger partial charge on any atom is 0.261 e. The van der Waals surface area contributed by atoms with Crippen LogP contribution in [0.2, 0.25) is 0 Å². The van der Waals surface area contributed by atoms with Crippen molar-refractivity contribution in [3.05, 3.63) is 58.7 Å². The highest BCUT2D eigenvalue weighted by molar-refractivity contribution is 6.22. The summed E-state index contributed by atoms with van der Waals surface area (Å²) in [5.41, 5.74) is 2.66. The van der Waals surface area contributed by atoms with Crippen molar-refractivity contribution in [2.24, 2.45) is 0 Å². The molecule has 1 fully saturated rings. The van der Waals surface area contributed by atoms with Gasteiger partial charge in [-0.2, -0.15) is 0 Å². The van der Waals surface area contributed by atoms with E-state index < -0.39 is 11.8 Å². The number of anilines is 2. The fourth-order valence-corrected chi connectivity index (χ4v) is 4.20. The number of imide groups is 1. The van der Waals surface area contributed by atoms with Crippen LogP contribution in [0.25, 0.3) is 0 Å². The van der Waals surface area contributed by atoms with E-state index in [0.29, 0.717) is 30.0 Å². The fraction of sp³-hybridized carbons (Fsp3) is 0.385. The zero-order valence-electron chi connectivity index (χ0n) is 19.5. The highest BCUT2D eigenvalue weighted by Crippen LogP contribution is 2.28. The monoisotopic (exact) mass is 463 g/mol. The van der Waals surface area contributed by atoms with Gasteiger partial charge in [-0.25, -0.2) is 0 Å². The van der Waals surface area contributed by atoms with Gasteiger partial charge < -0.3 is 15.4 Å². The van der Waals surface area contributed by atoms with Gasteiger partial charge >= 0.3 is 0 Å². The maximum atomic E-state index is 13.0. The van der Waals surface area contributed by atoms with Gasteiger partial charge in [-0.05, 0) is 62.1 Å². The van der Waals surface area contributed by atoms with Crippen molar-refractivity contribution in [2.45, 2.75) is 52.1 Å². The third-order valence-corrected chi connectivity index (χ3v) is 6.10. The highest BCUT2D eigenvalue weighted by Gasteiger charge is 2.38. The first kappa shape index (κ1) is 23.6. The molecule has 8 nitrogen and oxygen atoms in total. The van der Waals surface area contributed by atoms with Crippen molar-refractivity contribution in [3.8, 4) is 0 Å². The number of amides is 4. The van der Waals surface area contributed by atoms with Gasteiger partial charge in [0.2, 0.25) is 5.91 Å². The van der Waals surface area contributed by atoms with Gasteiger partial charge in [0.25, 0.3) is 17.7 Å². The summed E-state index contributed by atoms with van der Waals surface area (Å²) in [6.45, 7) is 4.76. The number of carbonyl (C=O) groups excluding carboxylic acids is 4. The average molecular weight is 464 g/mol. The van der Waals surface area contributed by atoms with Crippen LogP contribution in [0.4, 0.5) is 11.4 Å². The van der Waals surface area contributed by atoms with Crippen LogP contribution in [0.1, 0.15) is 75.7 Å². The van der Waals surface area contributed by atoms with E-state index in [1.165, 1.54) is 23.1 Å². The van der Waals surface area contributed by atoms with Crippen molar-refractivity contribution < 1.29 is 23.9 Å². The molecule has 1 atom stereocenters. The van der Waals surface area contributed by atoms with Gasteiger partial charge in [0.1, 0.15) is 0 Å². The zero-order valence-corrected chi connectivity index (χ0v) is 19.5. The predicted octanol–water partition coefficient (Wildman–Crippen LogP) is 4.15. The smallest absolute Gasteiger partial charge is 0.261 e. The topological polar surface area (TPSA) is 105 Å². The van der Waals surface area contributed by atoms with Gasteiger partial charge in [0, 0.05) is 18.6 Å². The molecular formula is C26H29N3O5. The largest absolute Gasteiger partial charge is 0.376 e. The number of unbranched alkanes of at least 4 members (excludes halogenated alkanes) is 1. The molecule has 1 saturated heterocycles. The van der Waals surface area contributed by atoms with Crippen LogP contribution < -0.4 is 10.6 Å². The Morgan fingerprint density at radius 2 is 1.82 bits per heavy atom. The van der Waals surface area contributed by atoms with Crippen LogP contribution >= 0.6 is 0 Å². The zero-order chi connectivity index (χ0) is 24.2. The first-order valence-electron chi connectivity index (χ1n) is 11.7. The molecule has 0 aromatic heterocycles. The third kappa shape index (κ3) is 5.02. The quantitative estimate of drug-likeness (QED) is 0.572. The Bertz CT molecular complexity index is 1140.